The number of allylic oxidation sites excluding steroid dienone is 1. The summed E-state index contributed by atoms with van der Waals surface area (Å²) in [7, 11) is 0. The average molecular weight is 274 g/mol. The SMILES string of the molecule is CCC(C)(C)C(C/C(C)=C/Nc1ccccc1)C(N)=O. The third kappa shape index (κ3) is 4.72. The van der Waals surface area contributed by atoms with Gasteiger partial charge in [-0.1, -0.05) is 51.0 Å². The second kappa shape index (κ2) is 7.13. The van der Waals surface area contributed by atoms with Crippen molar-refractivity contribution in [1.29, 1.82) is 0 Å². The minimum absolute atomic E-state index is 0.0757. The van der Waals surface area contributed by atoms with E-state index in [1.807, 2.05) is 43.5 Å². The number of hydrogen-bond acceptors (Lipinski definition) is 2. The number of nitrogens with two attached hydrogens (primary N) is 1. The van der Waals surface area contributed by atoms with Crippen LogP contribution in [0.3, 0.4) is 0 Å². The number of carbonyl (C=O) groups excluding carboxylic acids is 1. The van der Waals surface area contributed by atoms with Crippen LogP contribution in [0.5, 0.6) is 0 Å². The highest BCUT2D eigenvalue weighted by atomic mass is 16.1. The maximum absolute atomic E-state index is 11.7. The number of anilines is 1. The first kappa shape index (κ1) is 16.3. The van der Waals surface area contributed by atoms with Crippen molar-refractivity contribution in [2.24, 2.45) is 17.1 Å². The van der Waals surface area contributed by atoms with Crippen molar-refractivity contribution < 1.29 is 4.79 Å². The van der Waals surface area contributed by atoms with Crippen LogP contribution in [0.25, 0.3) is 0 Å². The Morgan fingerprint density at radius 2 is 1.95 bits per heavy atom. The van der Waals surface area contributed by atoms with Crippen molar-refractivity contribution in [3.05, 3.63) is 42.1 Å². The highest BCUT2D eigenvalue weighted by Crippen LogP contribution is 2.34. The summed E-state index contributed by atoms with van der Waals surface area (Å²) in [5.41, 5.74) is 7.66. The summed E-state index contributed by atoms with van der Waals surface area (Å²) in [6, 6.07) is 9.96. The summed E-state index contributed by atoms with van der Waals surface area (Å²) in [6.07, 6.45) is 3.58. The molecule has 3 N–H and O–H groups in total. The van der Waals surface area contributed by atoms with Gasteiger partial charge in [0.25, 0.3) is 0 Å². The average Bonchev–Trinajstić information content (AvgIpc) is 2.43. The van der Waals surface area contributed by atoms with E-state index in [1.54, 1.807) is 0 Å². The molecule has 1 unspecified atom stereocenters. The molecule has 0 bridgehead atoms. The van der Waals surface area contributed by atoms with Crippen LogP contribution in [0.1, 0.15) is 40.5 Å². The fraction of sp³-hybridized carbons (Fsp3) is 0.471. The van der Waals surface area contributed by atoms with Crippen molar-refractivity contribution in [2.75, 3.05) is 5.32 Å². The number of carbonyl (C=O) groups is 1. The second-order valence-electron chi connectivity index (χ2n) is 6.00. The van der Waals surface area contributed by atoms with Gasteiger partial charge in [0.15, 0.2) is 0 Å². The van der Waals surface area contributed by atoms with Crippen molar-refractivity contribution in [3.63, 3.8) is 0 Å². The predicted molar refractivity (Wildman–Crippen MR) is 85.2 cm³/mol. The molecule has 0 spiro atoms. The fourth-order valence-corrected chi connectivity index (χ4v) is 2.13. The Balaban J connectivity index is 2.71. The third-order valence-electron chi connectivity index (χ3n) is 3.98. The van der Waals surface area contributed by atoms with Crippen LogP contribution < -0.4 is 11.1 Å². The van der Waals surface area contributed by atoms with Gasteiger partial charge in [0.05, 0.1) is 0 Å². The van der Waals surface area contributed by atoms with Gasteiger partial charge in [0.2, 0.25) is 5.91 Å². The maximum Gasteiger partial charge on any atom is 0.221 e. The van der Waals surface area contributed by atoms with E-state index >= 15 is 0 Å². The maximum atomic E-state index is 11.7. The number of primary amides is 1. The molecule has 0 aromatic heterocycles. The molecule has 0 aliphatic carbocycles. The standard InChI is InChI=1S/C17H26N2O/c1-5-17(3,4)15(16(18)20)11-13(2)12-19-14-9-7-6-8-10-14/h6-10,12,15,19H,5,11H2,1-4H3,(H2,18,20)/b13-12+. The molecule has 1 rings (SSSR count). The summed E-state index contributed by atoms with van der Waals surface area (Å²) in [5.74, 6) is -0.356. The zero-order valence-corrected chi connectivity index (χ0v) is 12.9. The molecule has 0 heterocycles. The molecular formula is C17H26N2O. The van der Waals surface area contributed by atoms with E-state index in [-0.39, 0.29) is 17.2 Å². The topological polar surface area (TPSA) is 55.1 Å². The Morgan fingerprint density at radius 3 is 2.45 bits per heavy atom. The number of benzene rings is 1. The normalized spacial score (nSPS) is 13.9. The van der Waals surface area contributed by atoms with Crippen LogP contribution in [0.15, 0.2) is 42.1 Å². The molecule has 0 aliphatic rings. The van der Waals surface area contributed by atoms with Gasteiger partial charge in [0, 0.05) is 11.6 Å². The van der Waals surface area contributed by atoms with Gasteiger partial charge in [-0.2, -0.15) is 0 Å². The van der Waals surface area contributed by atoms with E-state index in [0.717, 1.165) is 17.7 Å². The van der Waals surface area contributed by atoms with Gasteiger partial charge < -0.3 is 11.1 Å². The zero-order valence-electron chi connectivity index (χ0n) is 12.9. The number of amides is 1. The molecule has 0 saturated heterocycles. The van der Waals surface area contributed by atoms with Gasteiger partial charge in [-0.05, 0) is 37.1 Å². The molecule has 0 radical (unpaired) electrons. The molecule has 20 heavy (non-hydrogen) atoms. The first-order valence-electron chi connectivity index (χ1n) is 7.13. The molecule has 1 atom stereocenters. The quantitative estimate of drug-likeness (QED) is 0.791. The highest BCUT2D eigenvalue weighted by molar-refractivity contribution is 5.77. The zero-order chi connectivity index (χ0) is 15.2. The van der Waals surface area contributed by atoms with Gasteiger partial charge in [-0.15, -0.1) is 0 Å². The highest BCUT2D eigenvalue weighted by Gasteiger charge is 2.32. The van der Waals surface area contributed by atoms with Gasteiger partial charge >= 0.3 is 0 Å². The lowest BCUT2D eigenvalue weighted by Crippen LogP contribution is -2.35. The summed E-state index contributed by atoms with van der Waals surface area (Å²) >= 11 is 0. The van der Waals surface area contributed by atoms with E-state index < -0.39 is 0 Å². The van der Waals surface area contributed by atoms with Gasteiger partial charge in [-0.25, -0.2) is 0 Å². The molecular weight excluding hydrogens is 248 g/mol. The summed E-state index contributed by atoms with van der Waals surface area (Å²) in [4.78, 5) is 11.7. The van der Waals surface area contributed by atoms with E-state index in [1.165, 1.54) is 0 Å². The van der Waals surface area contributed by atoms with Crippen molar-refractivity contribution in [1.82, 2.24) is 0 Å². The number of hydrogen-bond donors (Lipinski definition) is 2. The first-order chi connectivity index (χ1) is 9.36. The molecule has 0 saturated carbocycles. The predicted octanol–water partition coefficient (Wildman–Crippen LogP) is 3.93. The largest absolute Gasteiger partial charge is 0.369 e. The van der Waals surface area contributed by atoms with Crippen LogP contribution in [0, 0.1) is 11.3 Å². The molecule has 1 amide bonds. The minimum Gasteiger partial charge on any atom is -0.369 e. The van der Waals surface area contributed by atoms with Crippen LogP contribution in [0.4, 0.5) is 5.69 Å². The Kier molecular flexibility index (Phi) is 5.81. The van der Waals surface area contributed by atoms with Crippen LogP contribution in [0.2, 0.25) is 0 Å². The molecule has 1 aromatic carbocycles. The van der Waals surface area contributed by atoms with Crippen molar-refractivity contribution >= 4 is 11.6 Å². The number of nitrogens with one attached hydrogen (secondary N) is 1. The lowest BCUT2D eigenvalue weighted by atomic mass is 9.73. The van der Waals surface area contributed by atoms with Crippen LogP contribution >= 0.6 is 0 Å². The van der Waals surface area contributed by atoms with Crippen LogP contribution in [-0.2, 0) is 4.79 Å². The van der Waals surface area contributed by atoms with Crippen molar-refractivity contribution in [3.8, 4) is 0 Å². The fourth-order valence-electron chi connectivity index (χ4n) is 2.13. The Labute approximate surface area is 122 Å². The van der Waals surface area contributed by atoms with E-state index in [2.05, 4.69) is 26.1 Å². The van der Waals surface area contributed by atoms with E-state index in [0.29, 0.717) is 6.42 Å². The summed E-state index contributed by atoms with van der Waals surface area (Å²) < 4.78 is 0. The number of para-hydroxylation sites is 1. The smallest absolute Gasteiger partial charge is 0.221 e. The van der Waals surface area contributed by atoms with Crippen LogP contribution in [-0.4, -0.2) is 5.91 Å². The number of rotatable bonds is 7. The second-order valence-corrected chi connectivity index (χ2v) is 6.00. The molecule has 0 fully saturated rings. The monoisotopic (exact) mass is 274 g/mol. The Hall–Kier alpha value is -1.77. The molecule has 3 nitrogen and oxygen atoms in total. The summed E-state index contributed by atoms with van der Waals surface area (Å²) in [6.45, 7) is 8.31. The third-order valence-corrected chi connectivity index (χ3v) is 3.98. The van der Waals surface area contributed by atoms with E-state index in [9.17, 15) is 4.79 Å². The van der Waals surface area contributed by atoms with Gasteiger partial charge in [0.1, 0.15) is 0 Å². The van der Waals surface area contributed by atoms with Crippen molar-refractivity contribution in [2.45, 2.75) is 40.5 Å². The molecule has 1 aromatic rings. The summed E-state index contributed by atoms with van der Waals surface area (Å²) in [5, 5.41) is 3.24. The molecule has 3 heteroatoms. The van der Waals surface area contributed by atoms with E-state index in [4.69, 9.17) is 5.73 Å². The molecule has 110 valence electrons. The Bertz CT molecular complexity index is 463. The molecule has 0 aliphatic heterocycles. The lowest BCUT2D eigenvalue weighted by Gasteiger charge is -2.31. The lowest BCUT2D eigenvalue weighted by molar-refractivity contribution is -0.125. The Morgan fingerprint density at radius 1 is 1.35 bits per heavy atom. The van der Waals surface area contributed by atoms with Gasteiger partial charge in [-0.3, -0.25) is 4.79 Å². The minimum atomic E-state index is -0.218. The first-order valence-corrected chi connectivity index (χ1v) is 7.13.